The van der Waals surface area contributed by atoms with Gasteiger partial charge in [-0.1, -0.05) is 30.3 Å². The van der Waals surface area contributed by atoms with Gasteiger partial charge in [-0.2, -0.15) is 0 Å². The van der Waals surface area contributed by atoms with Crippen LogP contribution in [-0.2, 0) is 12.1 Å². The van der Waals surface area contributed by atoms with Crippen molar-refractivity contribution >= 4 is 0 Å². The largest absolute Gasteiger partial charge is 0.390 e. The molecule has 0 aliphatic rings. The number of rotatable bonds is 4. The summed E-state index contributed by atoms with van der Waals surface area (Å²) in [7, 11) is 0. The summed E-state index contributed by atoms with van der Waals surface area (Å²) in [5.41, 5.74) is -0.0901. The normalized spacial score (nSPS) is 16.8. The number of halogens is 1. The van der Waals surface area contributed by atoms with Gasteiger partial charge in [0, 0.05) is 0 Å². The van der Waals surface area contributed by atoms with Crippen molar-refractivity contribution in [1.82, 2.24) is 0 Å². The van der Waals surface area contributed by atoms with Crippen LogP contribution >= 0.6 is 0 Å². The van der Waals surface area contributed by atoms with Crippen molar-refractivity contribution in [3.8, 4) is 0 Å². The van der Waals surface area contributed by atoms with Gasteiger partial charge in [0.15, 0.2) is 5.67 Å². The Labute approximate surface area is 90.3 Å². The lowest BCUT2D eigenvalue weighted by Crippen LogP contribution is -2.29. The smallest absolute Gasteiger partial charge is 0.158 e. The van der Waals surface area contributed by atoms with Crippen LogP contribution in [0, 0.1) is 0 Å². The number of alkyl halides is 1. The number of hydrogen-bond donors (Lipinski definition) is 1. The molecule has 1 aromatic rings. The van der Waals surface area contributed by atoms with E-state index < -0.39 is 11.8 Å². The van der Waals surface area contributed by atoms with E-state index in [1.807, 2.05) is 12.1 Å². The lowest BCUT2D eigenvalue weighted by molar-refractivity contribution is 0.0135. The van der Waals surface area contributed by atoms with Crippen molar-refractivity contribution in [2.24, 2.45) is 0 Å². The van der Waals surface area contributed by atoms with E-state index in [0.717, 1.165) is 12.0 Å². The van der Waals surface area contributed by atoms with Crippen LogP contribution in [0.2, 0.25) is 0 Å². The Bertz CT molecular complexity index is 325. The maximum absolute atomic E-state index is 14.0. The Hall–Kier alpha value is -1.15. The predicted octanol–water partition coefficient (Wildman–Crippen LogP) is 2.98. The van der Waals surface area contributed by atoms with Crippen LogP contribution in [-0.4, -0.2) is 11.2 Å². The minimum atomic E-state index is -1.69. The molecule has 0 radical (unpaired) electrons. The molecule has 0 spiro atoms. The molecule has 0 heterocycles. The Morgan fingerprint density at radius 3 is 2.40 bits per heavy atom. The second-order valence-electron chi connectivity index (χ2n) is 3.94. The standard InChI is InChI=1S/C13H17FO/c1-4-5-11-6-8-12(9-7-11)13(3,14)10(2)15/h4,6-10,15H,1,5H2,2-3H3. The summed E-state index contributed by atoms with van der Waals surface area (Å²) in [5, 5.41) is 9.32. The molecule has 0 saturated heterocycles. The minimum Gasteiger partial charge on any atom is -0.390 e. The Morgan fingerprint density at radius 2 is 2.00 bits per heavy atom. The van der Waals surface area contributed by atoms with Crippen molar-refractivity contribution in [1.29, 1.82) is 0 Å². The first-order valence-corrected chi connectivity index (χ1v) is 5.05. The van der Waals surface area contributed by atoms with E-state index in [2.05, 4.69) is 6.58 Å². The van der Waals surface area contributed by atoms with Gasteiger partial charge < -0.3 is 5.11 Å². The van der Waals surface area contributed by atoms with Crippen molar-refractivity contribution in [3.63, 3.8) is 0 Å². The van der Waals surface area contributed by atoms with Gasteiger partial charge in [0.2, 0.25) is 0 Å². The van der Waals surface area contributed by atoms with Gasteiger partial charge in [-0.05, 0) is 31.4 Å². The molecule has 2 atom stereocenters. The van der Waals surface area contributed by atoms with Crippen molar-refractivity contribution in [3.05, 3.63) is 48.0 Å². The first-order valence-electron chi connectivity index (χ1n) is 5.05. The molecule has 0 aliphatic heterocycles. The molecule has 2 unspecified atom stereocenters. The summed E-state index contributed by atoms with van der Waals surface area (Å²) in [6.07, 6.45) is 1.57. The van der Waals surface area contributed by atoms with Crippen LogP contribution in [0.1, 0.15) is 25.0 Å². The van der Waals surface area contributed by atoms with E-state index in [-0.39, 0.29) is 0 Å². The summed E-state index contributed by atoms with van der Waals surface area (Å²) in [4.78, 5) is 0. The summed E-state index contributed by atoms with van der Waals surface area (Å²) < 4.78 is 14.0. The minimum absolute atomic E-state index is 0.505. The molecule has 1 aromatic carbocycles. The lowest BCUT2D eigenvalue weighted by Gasteiger charge is -2.24. The van der Waals surface area contributed by atoms with Crippen LogP contribution in [0.4, 0.5) is 4.39 Å². The first-order chi connectivity index (χ1) is 6.98. The maximum atomic E-state index is 14.0. The zero-order valence-electron chi connectivity index (χ0n) is 9.20. The van der Waals surface area contributed by atoms with Gasteiger partial charge in [-0.15, -0.1) is 6.58 Å². The average Bonchev–Trinajstić information content (AvgIpc) is 2.19. The summed E-state index contributed by atoms with van der Waals surface area (Å²) in [5.74, 6) is 0. The molecule has 1 N–H and O–H groups in total. The molecule has 82 valence electrons. The van der Waals surface area contributed by atoms with Gasteiger partial charge in [-0.25, -0.2) is 4.39 Å². The lowest BCUT2D eigenvalue weighted by atomic mass is 9.92. The van der Waals surface area contributed by atoms with Crippen LogP contribution < -0.4 is 0 Å². The molecule has 2 heteroatoms. The number of allylic oxidation sites excluding steroid dienone is 1. The molecular weight excluding hydrogens is 191 g/mol. The fourth-order valence-corrected chi connectivity index (χ4v) is 1.37. The SMILES string of the molecule is C=CCc1ccc(C(C)(F)C(C)O)cc1. The molecule has 15 heavy (non-hydrogen) atoms. The highest BCUT2D eigenvalue weighted by molar-refractivity contribution is 5.28. The average molecular weight is 208 g/mol. The van der Waals surface area contributed by atoms with Crippen LogP contribution in [0.3, 0.4) is 0 Å². The van der Waals surface area contributed by atoms with Gasteiger partial charge in [-0.3, -0.25) is 0 Å². The van der Waals surface area contributed by atoms with E-state index in [9.17, 15) is 9.50 Å². The van der Waals surface area contributed by atoms with Crippen LogP contribution in [0.15, 0.2) is 36.9 Å². The number of benzene rings is 1. The van der Waals surface area contributed by atoms with Gasteiger partial charge in [0.05, 0.1) is 6.10 Å². The second-order valence-corrected chi connectivity index (χ2v) is 3.94. The van der Waals surface area contributed by atoms with E-state index in [0.29, 0.717) is 5.56 Å². The summed E-state index contributed by atoms with van der Waals surface area (Å²) in [6.45, 7) is 6.49. The molecule has 0 fully saturated rings. The predicted molar refractivity (Wildman–Crippen MR) is 60.5 cm³/mol. The summed E-state index contributed by atoms with van der Waals surface area (Å²) >= 11 is 0. The third-order valence-electron chi connectivity index (χ3n) is 2.68. The molecule has 0 saturated carbocycles. The number of hydrogen-bond acceptors (Lipinski definition) is 1. The first kappa shape index (κ1) is 11.9. The van der Waals surface area contributed by atoms with Gasteiger partial charge in [0.1, 0.15) is 0 Å². The van der Waals surface area contributed by atoms with E-state index in [4.69, 9.17) is 0 Å². The van der Waals surface area contributed by atoms with Gasteiger partial charge >= 0.3 is 0 Å². The zero-order valence-corrected chi connectivity index (χ0v) is 9.20. The number of aliphatic hydroxyl groups is 1. The third-order valence-corrected chi connectivity index (χ3v) is 2.68. The number of aliphatic hydroxyl groups excluding tert-OH is 1. The topological polar surface area (TPSA) is 20.2 Å². The molecule has 0 bridgehead atoms. The molecule has 0 aromatic heterocycles. The fourth-order valence-electron chi connectivity index (χ4n) is 1.37. The highest BCUT2D eigenvalue weighted by Crippen LogP contribution is 2.29. The summed E-state index contributed by atoms with van der Waals surface area (Å²) in [6, 6.07) is 7.14. The van der Waals surface area contributed by atoms with Crippen molar-refractivity contribution in [2.45, 2.75) is 32.0 Å². The maximum Gasteiger partial charge on any atom is 0.158 e. The second kappa shape index (κ2) is 4.58. The van der Waals surface area contributed by atoms with E-state index in [1.165, 1.54) is 13.8 Å². The zero-order chi connectivity index (χ0) is 11.5. The molecule has 0 aliphatic carbocycles. The molecule has 1 nitrogen and oxygen atoms in total. The van der Waals surface area contributed by atoms with Crippen LogP contribution in [0.5, 0.6) is 0 Å². The van der Waals surface area contributed by atoms with Gasteiger partial charge in [0.25, 0.3) is 0 Å². The van der Waals surface area contributed by atoms with Crippen molar-refractivity contribution in [2.75, 3.05) is 0 Å². The van der Waals surface area contributed by atoms with Crippen LogP contribution in [0.25, 0.3) is 0 Å². The highest BCUT2D eigenvalue weighted by atomic mass is 19.1. The Morgan fingerprint density at radius 1 is 1.47 bits per heavy atom. The van der Waals surface area contributed by atoms with Crippen molar-refractivity contribution < 1.29 is 9.50 Å². The highest BCUT2D eigenvalue weighted by Gasteiger charge is 2.31. The monoisotopic (exact) mass is 208 g/mol. The van der Waals surface area contributed by atoms with E-state index >= 15 is 0 Å². The molecule has 0 amide bonds. The quantitative estimate of drug-likeness (QED) is 0.754. The van der Waals surface area contributed by atoms with E-state index in [1.54, 1.807) is 18.2 Å². The Balaban J connectivity index is 2.93. The third kappa shape index (κ3) is 2.66. The fraction of sp³-hybridized carbons (Fsp3) is 0.385. The molecule has 1 rings (SSSR count). The Kier molecular flexibility index (Phi) is 3.64. The molecular formula is C13H17FO.